The molecule has 0 radical (unpaired) electrons. The molecule has 1 heterocycles. The molecule has 3 rings (SSSR count). The molecule has 0 spiro atoms. The van der Waals surface area contributed by atoms with Crippen LogP contribution in [0.15, 0.2) is 54.0 Å². The normalized spacial score (nSPS) is 14.9. The average molecular weight is 395 g/mol. The van der Waals surface area contributed by atoms with Gasteiger partial charge in [0.1, 0.15) is 30.5 Å². The summed E-state index contributed by atoms with van der Waals surface area (Å²) < 4.78 is 23.4. The summed E-state index contributed by atoms with van der Waals surface area (Å²) in [6, 6.07) is 11.7. The summed E-state index contributed by atoms with van der Waals surface area (Å²) in [5, 5.41) is 0. The number of hydrogen-bond donors (Lipinski definition) is 0. The molecule has 1 aliphatic heterocycles. The van der Waals surface area contributed by atoms with E-state index < -0.39 is 0 Å². The fourth-order valence-electron chi connectivity index (χ4n) is 3.18. The third-order valence-electron chi connectivity index (χ3n) is 4.40. The number of methoxy groups -OCH3 is 1. The van der Waals surface area contributed by atoms with Gasteiger partial charge >= 0.3 is 0 Å². The second-order valence-electron chi connectivity index (χ2n) is 7.83. The predicted molar refractivity (Wildman–Crippen MR) is 116 cm³/mol. The third-order valence-corrected chi connectivity index (χ3v) is 4.40. The van der Waals surface area contributed by atoms with Crippen LogP contribution in [-0.2, 0) is 4.74 Å². The van der Waals surface area contributed by atoms with E-state index in [0.717, 1.165) is 22.4 Å². The molecule has 1 aliphatic rings. The Morgan fingerprint density at radius 3 is 2.59 bits per heavy atom. The van der Waals surface area contributed by atoms with Crippen LogP contribution in [0.3, 0.4) is 0 Å². The van der Waals surface area contributed by atoms with Crippen molar-refractivity contribution in [2.75, 3.05) is 20.3 Å². The minimum Gasteiger partial charge on any atom is -0.496 e. The Morgan fingerprint density at radius 2 is 1.97 bits per heavy atom. The fourth-order valence-corrected chi connectivity index (χ4v) is 3.18. The van der Waals surface area contributed by atoms with Crippen LogP contribution >= 0.6 is 0 Å². The highest BCUT2D eigenvalue weighted by Gasteiger charge is 2.30. The summed E-state index contributed by atoms with van der Waals surface area (Å²) in [7, 11) is 1.65. The molecule has 5 nitrogen and oxygen atoms in total. The molecule has 0 N–H and O–H groups in total. The van der Waals surface area contributed by atoms with Gasteiger partial charge in [-0.2, -0.15) is 0 Å². The van der Waals surface area contributed by atoms with Crippen molar-refractivity contribution < 1.29 is 18.9 Å². The first-order valence-electron chi connectivity index (χ1n) is 9.79. The van der Waals surface area contributed by atoms with E-state index in [1.807, 2.05) is 50.2 Å². The number of hydrogen-bond acceptors (Lipinski definition) is 5. The van der Waals surface area contributed by atoms with Gasteiger partial charge in [-0.05, 0) is 52.0 Å². The lowest BCUT2D eigenvalue weighted by molar-refractivity contribution is 0.243. The minimum atomic E-state index is -0.256. The average Bonchev–Trinajstić information content (AvgIpc) is 3.05. The number of nitrogens with zero attached hydrogens (tertiary/aromatic N) is 1. The summed E-state index contributed by atoms with van der Waals surface area (Å²) in [6.45, 7) is 12.8. The maximum Gasteiger partial charge on any atom is 0.217 e. The van der Waals surface area contributed by atoms with Gasteiger partial charge in [0, 0.05) is 22.8 Å². The maximum atomic E-state index is 6.14. The van der Waals surface area contributed by atoms with Crippen molar-refractivity contribution in [3.05, 3.63) is 54.6 Å². The van der Waals surface area contributed by atoms with Crippen LogP contribution in [0, 0.1) is 0 Å². The van der Waals surface area contributed by atoms with Crippen molar-refractivity contribution in [1.29, 1.82) is 0 Å². The summed E-state index contributed by atoms with van der Waals surface area (Å²) in [6.07, 6.45) is 1.73. The van der Waals surface area contributed by atoms with E-state index in [4.69, 9.17) is 23.9 Å². The molecule has 0 unspecified atom stereocenters. The molecule has 0 aromatic heterocycles. The van der Waals surface area contributed by atoms with Gasteiger partial charge in [0.2, 0.25) is 5.90 Å². The first-order valence-corrected chi connectivity index (χ1v) is 9.79. The van der Waals surface area contributed by atoms with Crippen LogP contribution in [0.2, 0.25) is 0 Å². The van der Waals surface area contributed by atoms with Gasteiger partial charge in [-0.15, -0.1) is 0 Å². The molecule has 5 heteroatoms. The molecular weight excluding hydrogens is 366 g/mol. The first-order chi connectivity index (χ1) is 13.8. The van der Waals surface area contributed by atoms with E-state index in [-0.39, 0.29) is 11.6 Å². The summed E-state index contributed by atoms with van der Waals surface area (Å²) in [5.74, 6) is 2.77. The topological polar surface area (TPSA) is 49.3 Å². The monoisotopic (exact) mass is 395 g/mol. The van der Waals surface area contributed by atoms with Crippen molar-refractivity contribution in [1.82, 2.24) is 0 Å². The van der Waals surface area contributed by atoms with E-state index >= 15 is 0 Å². The number of aliphatic imine (C=N–C) groups is 1. The van der Waals surface area contributed by atoms with Crippen molar-refractivity contribution in [2.24, 2.45) is 4.99 Å². The van der Waals surface area contributed by atoms with Crippen LogP contribution in [0.5, 0.6) is 17.2 Å². The SMILES string of the molecule is C=CCOc1ccc(-c2c(OC(C)C)cccc2C2=NC(C)(C)CO2)c(OC)c1. The summed E-state index contributed by atoms with van der Waals surface area (Å²) in [4.78, 5) is 4.77. The summed E-state index contributed by atoms with van der Waals surface area (Å²) in [5.41, 5.74) is 2.41. The molecule has 29 heavy (non-hydrogen) atoms. The van der Waals surface area contributed by atoms with Crippen molar-refractivity contribution in [3.8, 4) is 28.4 Å². The van der Waals surface area contributed by atoms with Crippen LogP contribution in [-0.4, -0.2) is 37.9 Å². The molecule has 0 fully saturated rings. The van der Waals surface area contributed by atoms with Gasteiger partial charge < -0.3 is 18.9 Å². The molecule has 2 aromatic carbocycles. The van der Waals surface area contributed by atoms with E-state index in [9.17, 15) is 0 Å². The fraction of sp³-hybridized carbons (Fsp3) is 0.375. The van der Waals surface area contributed by atoms with E-state index in [1.54, 1.807) is 13.2 Å². The van der Waals surface area contributed by atoms with Crippen LogP contribution in [0.1, 0.15) is 33.3 Å². The predicted octanol–water partition coefficient (Wildman–Crippen LogP) is 5.27. The van der Waals surface area contributed by atoms with E-state index in [2.05, 4.69) is 20.4 Å². The molecule has 0 saturated carbocycles. The second-order valence-corrected chi connectivity index (χ2v) is 7.83. The highest BCUT2D eigenvalue weighted by Crippen LogP contribution is 2.42. The number of rotatable bonds is 8. The highest BCUT2D eigenvalue weighted by molar-refractivity contribution is 6.04. The Labute approximate surface area is 173 Å². The van der Waals surface area contributed by atoms with Crippen molar-refractivity contribution in [3.63, 3.8) is 0 Å². The lowest BCUT2D eigenvalue weighted by Crippen LogP contribution is -2.17. The first kappa shape index (κ1) is 20.8. The Hall–Kier alpha value is -2.95. The molecule has 0 bridgehead atoms. The van der Waals surface area contributed by atoms with Gasteiger partial charge in [0.05, 0.1) is 18.8 Å². The van der Waals surface area contributed by atoms with Gasteiger partial charge in [-0.25, -0.2) is 4.99 Å². The smallest absolute Gasteiger partial charge is 0.217 e. The molecule has 0 aliphatic carbocycles. The standard InChI is InChI=1S/C24H29NO4/c1-7-13-27-17-11-12-18(21(14-17)26-6)22-19(23-25-24(4,5)15-28-23)9-8-10-20(22)29-16(2)3/h7-12,14,16H,1,13,15H2,2-6H3. The molecular formula is C24H29NO4. The largest absolute Gasteiger partial charge is 0.496 e. The molecule has 2 aromatic rings. The van der Waals surface area contributed by atoms with Gasteiger partial charge in [0.15, 0.2) is 0 Å². The quantitative estimate of drug-likeness (QED) is 0.572. The van der Waals surface area contributed by atoms with Crippen molar-refractivity contribution >= 4 is 5.90 Å². The number of ether oxygens (including phenoxy) is 4. The zero-order chi connectivity index (χ0) is 21.0. The molecule has 0 amide bonds. The Bertz CT molecular complexity index is 915. The molecule has 0 saturated heterocycles. The van der Waals surface area contributed by atoms with Crippen LogP contribution < -0.4 is 14.2 Å². The maximum absolute atomic E-state index is 6.14. The van der Waals surface area contributed by atoms with Crippen LogP contribution in [0.25, 0.3) is 11.1 Å². The summed E-state index contributed by atoms with van der Waals surface area (Å²) >= 11 is 0. The minimum absolute atomic E-state index is 0.0214. The Morgan fingerprint density at radius 1 is 1.17 bits per heavy atom. The molecule has 154 valence electrons. The zero-order valence-electron chi connectivity index (χ0n) is 17.8. The lowest BCUT2D eigenvalue weighted by Gasteiger charge is -2.20. The van der Waals surface area contributed by atoms with E-state index in [1.165, 1.54) is 0 Å². The zero-order valence-corrected chi connectivity index (χ0v) is 17.8. The van der Waals surface area contributed by atoms with Crippen molar-refractivity contribution in [2.45, 2.75) is 39.3 Å². The third kappa shape index (κ3) is 4.73. The molecule has 0 atom stereocenters. The van der Waals surface area contributed by atoms with Crippen LogP contribution in [0.4, 0.5) is 0 Å². The van der Waals surface area contributed by atoms with Gasteiger partial charge in [-0.1, -0.05) is 18.7 Å². The van der Waals surface area contributed by atoms with Gasteiger partial charge in [0.25, 0.3) is 0 Å². The van der Waals surface area contributed by atoms with E-state index in [0.29, 0.717) is 30.6 Å². The highest BCUT2D eigenvalue weighted by atomic mass is 16.5. The number of benzene rings is 2. The Balaban J connectivity index is 2.17. The lowest BCUT2D eigenvalue weighted by atomic mass is 9.97. The second kappa shape index (κ2) is 8.60. The Kier molecular flexibility index (Phi) is 6.16. The van der Waals surface area contributed by atoms with Gasteiger partial charge in [-0.3, -0.25) is 0 Å².